The fraction of sp³-hybridized carbons (Fsp3) is 0.842. The molecule has 11 heteroatoms. The van der Waals surface area contributed by atoms with Crippen molar-refractivity contribution in [2.45, 2.75) is 6.10 Å². The molecule has 11 nitrogen and oxygen atoms in total. The second-order valence-corrected chi connectivity index (χ2v) is 7.31. The number of carbonyl (C=O) groups excluding carboxylic acids is 3. The van der Waals surface area contributed by atoms with Crippen molar-refractivity contribution in [3.8, 4) is 0 Å². The van der Waals surface area contributed by atoms with Gasteiger partial charge in [-0.1, -0.05) is 0 Å². The van der Waals surface area contributed by atoms with Gasteiger partial charge in [0.25, 0.3) is 0 Å². The zero-order valence-corrected chi connectivity index (χ0v) is 18.1. The normalized spacial score (nSPS) is 20.0. The quantitative estimate of drug-likeness (QED) is 0.288. The summed E-state index contributed by atoms with van der Waals surface area (Å²) in [7, 11) is 2.68. The van der Waals surface area contributed by atoms with Crippen molar-refractivity contribution in [2.75, 3.05) is 99.4 Å². The summed E-state index contributed by atoms with van der Waals surface area (Å²) in [6.45, 7) is 5.03. The maximum atomic E-state index is 11.8. The molecular formula is C19H36N4O7. The van der Waals surface area contributed by atoms with Crippen LogP contribution in [0.1, 0.15) is 0 Å². The van der Waals surface area contributed by atoms with Gasteiger partial charge in [-0.25, -0.2) is 0 Å². The van der Waals surface area contributed by atoms with E-state index in [2.05, 4.69) is 0 Å². The first kappa shape index (κ1) is 26.4. The molecule has 1 atom stereocenters. The lowest BCUT2D eigenvalue weighted by atomic mass is 10.3. The van der Waals surface area contributed by atoms with Crippen LogP contribution in [0.5, 0.6) is 0 Å². The number of aldehydes is 1. The van der Waals surface area contributed by atoms with E-state index in [0.29, 0.717) is 58.9 Å². The number of β-amino-alcohol motifs (C(OH)–C–C–N with tert-alkyl or cyclic N) is 1. The molecule has 174 valence electrons. The Morgan fingerprint density at radius 2 is 1.23 bits per heavy atom. The second kappa shape index (κ2) is 15.2. The largest absolute Gasteiger partial charge is 0.468 e. The number of nitrogens with zero attached hydrogens (tertiary/aromatic N) is 4. The zero-order chi connectivity index (χ0) is 22.4. The highest BCUT2D eigenvalue weighted by atomic mass is 16.5. The third-order valence-corrected chi connectivity index (χ3v) is 5.10. The summed E-state index contributed by atoms with van der Waals surface area (Å²) in [4.78, 5) is 42.5. The van der Waals surface area contributed by atoms with Gasteiger partial charge in [0.1, 0.15) is 6.29 Å². The summed E-state index contributed by atoms with van der Waals surface area (Å²) in [5.74, 6) is -0.687. The first-order valence-electron chi connectivity index (χ1n) is 10.2. The number of methoxy groups -OCH3 is 2. The molecule has 0 aromatic rings. The highest BCUT2D eigenvalue weighted by molar-refractivity contribution is 5.71. The molecule has 30 heavy (non-hydrogen) atoms. The Kier molecular flexibility index (Phi) is 13.4. The molecule has 0 saturated carbocycles. The molecule has 1 aliphatic rings. The van der Waals surface area contributed by atoms with Gasteiger partial charge in [-0.2, -0.15) is 0 Å². The van der Waals surface area contributed by atoms with E-state index in [4.69, 9.17) is 9.47 Å². The Hall–Kier alpha value is -1.63. The van der Waals surface area contributed by atoms with Gasteiger partial charge < -0.3 is 24.5 Å². The molecule has 0 aromatic heterocycles. The van der Waals surface area contributed by atoms with Gasteiger partial charge in [0.2, 0.25) is 0 Å². The number of ether oxygens (including phenoxy) is 2. The number of esters is 2. The van der Waals surface area contributed by atoms with Crippen molar-refractivity contribution in [2.24, 2.45) is 0 Å². The second-order valence-electron chi connectivity index (χ2n) is 7.31. The lowest BCUT2D eigenvalue weighted by Crippen LogP contribution is -2.49. The van der Waals surface area contributed by atoms with Crippen LogP contribution in [0, 0.1) is 0 Å². The zero-order valence-electron chi connectivity index (χ0n) is 18.1. The average Bonchev–Trinajstić information content (AvgIpc) is 2.74. The van der Waals surface area contributed by atoms with Crippen molar-refractivity contribution in [1.82, 2.24) is 19.6 Å². The molecule has 0 aromatic carbocycles. The monoisotopic (exact) mass is 432 g/mol. The van der Waals surface area contributed by atoms with Crippen LogP contribution in [-0.4, -0.2) is 154 Å². The summed E-state index contributed by atoms with van der Waals surface area (Å²) in [5.41, 5.74) is 0. The van der Waals surface area contributed by atoms with E-state index in [9.17, 15) is 24.6 Å². The van der Waals surface area contributed by atoms with Crippen molar-refractivity contribution in [1.29, 1.82) is 0 Å². The molecule has 0 radical (unpaired) electrons. The van der Waals surface area contributed by atoms with E-state index in [0.717, 1.165) is 6.29 Å². The summed E-state index contributed by atoms with van der Waals surface area (Å²) < 4.78 is 9.57. The summed E-state index contributed by atoms with van der Waals surface area (Å²) in [5, 5.41) is 19.0. The number of aliphatic hydroxyl groups is 2. The van der Waals surface area contributed by atoms with E-state index >= 15 is 0 Å². The van der Waals surface area contributed by atoms with Gasteiger partial charge in [-0.05, 0) is 0 Å². The minimum atomic E-state index is -0.859. The fourth-order valence-electron chi connectivity index (χ4n) is 3.22. The van der Waals surface area contributed by atoms with Gasteiger partial charge in [0.15, 0.2) is 0 Å². The Morgan fingerprint density at radius 3 is 1.60 bits per heavy atom. The third kappa shape index (κ3) is 11.0. The van der Waals surface area contributed by atoms with Crippen LogP contribution in [-0.2, 0) is 23.9 Å². The van der Waals surface area contributed by atoms with Crippen LogP contribution in [0.4, 0.5) is 0 Å². The molecule has 1 aliphatic heterocycles. The van der Waals surface area contributed by atoms with Crippen LogP contribution in [0.25, 0.3) is 0 Å². The van der Waals surface area contributed by atoms with E-state index in [1.165, 1.54) is 14.2 Å². The van der Waals surface area contributed by atoms with Gasteiger partial charge in [-0.15, -0.1) is 0 Å². The number of hydrogen-bond acceptors (Lipinski definition) is 11. The number of carbonyl (C=O) groups is 3. The topological polar surface area (TPSA) is 123 Å². The molecule has 0 aliphatic carbocycles. The van der Waals surface area contributed by atoms with Gasteiger partial charge >= 0.3 is 11.9 Å². The SMILES string of the molecule is COC(=O)CN1CCN(CC=O)CCN(CC(O)CO)CCN(CC(=O)OC)CC1. The standard InChI is InChI=1S/C19H36N4O7/c1-29-18(27)14-22-6-4-20(11-12-24)3-5-21(13-17(26)16-25)7-8-23(10-9-22)15-19(28)30-2/h12,17,25-26H,3-11,13-16H2,1-2H3. The van der Waals surface area contributed by atoms with Crippen molar-refractivity contribution in [3.63, 3.8) is 0 Å². The molecule has 1 unspecified atom stereocenters. The number of hydrogen-bond donors (Lipinski definition) is 2. The van der Waals surface area contributed by atoms with Gasteiger partial charge in [0, 0.05) is 58.9 Å². The Balaban J connectivity index is 2.91. The van der Waals surface area contributed by atoms with E-state index in [1.54, 1.807) is 0 Å². The molecule has 1 saturated heterocycles. The minimum Gasteiger partial charge on any atom is -0.468 e. The first-order chi connectivity index (χ1) is 14.4. The van der Waals surface area contributed by atoms with E-state index in [1.807, 2.05) is 19.6 Å². The fourth-order valence-corrected chi connectivity index (χ4v) is 3.22. The van der Waals surface area contributed by atoms with Gasteiger partial charge in [-0.3, -0.25) is 29.2 Å². The van der Waals surface area contributed by atoms with Crippen LogP contribution < -0.4 is 0 Å². The Labute approximate surface area is 178 Å². The molecule has 0 amide bonds. The highest BCUT2D eigenvalue weighted by Crippen LogP contribution is 2.02. The predicted octanol–water partition coefficient (Wildman–Crippen LogP) is -2.89. The van der Waals surface area contributed by atoms with Crippen molar-refractivity contribution < 1.29 is 34.1 Å². The smallest absolute Gasteiger partial charge is 0.319 e. The van der Waals surface area contributed by atoms with Crippen LogP contribution >= 0.6 is 0 Å². The van der Waals surface area contributed by atoms with E-state index in [-0.39, 0.29) is 38.2 Å². The molecule has 0 spiro atoms. The number of rotatable bonds is 9. The van der Waals surface area contributed by atoms with Crippen LogP contribution in [0.2, 0.25) is 0 Å². The maximum Gasteiger partial charge on any atom is 0.319 e. The maximum absolute atomic E-state index is 11.8. The molecule has 0 bridgehead atoms. The molecular weight excluding hydrogens is 396 g/mol. The molecule has 1 heterocycles. The highest BCUT2D eigenvalue weighted by Gasteiger charge is 2.20. The summed E-state index contributed by atoms with van der Waals surface area (Å²) in [6.07, 6.45) is -0.0105. The molecule has 1 rings (SSSR count). The van der Waals surface area contributed by atoms with Crippen LogP contribution in [0.15, 0.2) is 0 Å². The molecule has 1 fully saturated rings. The first-order valence-corrected chi connectivity index (χ1v) is 10.2. The lowest BCUT2D eigenvalue weighted by molar-refractivity contribution is -0.143. The Morgan fingerprint density at radius 1 is 0.833 bits per heavy atom. The lowest BCUT2D eigenvalue weighted by Gasteiger charge is -2.33. The molecule has 2 N–H and O–H groups in total. The summed E-state index contributed by atoms with van der Waals surface area (Å²) >= 11 is 0. The Bertz CT molecular complexity index is 523. The summed E-state index contributed by atoms with van der Waals surface area (Å²) in [6, 6.07) is 0. The predicted molar refractivity (Wildman–Crippen MR) is 109 cm³/mol. The van der Waals surface area contributed by atoms with E-state index < -0.39 is 6.10 Å². The number of aliphatic hydroxyl groups excluding tert-OH is 2. The van der Waals surface area contributed by atoms with Crippen molar-refractivity contribution in [3.05, 3.63) is 0 Å². The van der Waals surface area contributed by atoms with Gasteiger partial charge in [0.05, 0.1) is 46.6 Å². The minimum absolute atomic E-state index is 0.121. The van der Waals surface area contributed by atoms with Crippen molar-refractivity contribution >= 4 is 18.2 Å². The van der Waals surface area contributed by atoms with Crippen LogP contribution in [0.3, 0.4) is 0 Å². The average molecular weight is 433 g/mol. The third-order valence-electron chi connectivity index (χ3n) is 5.10.